The average Bonchev–Trinajstić information content (AvgIpc) is 2.63. The maximum atomic E-state index is 5.96. The summed E-state index contributed by atoms with van der Waals surface area (Å²) >= 11 is 0. The zero-order chi connectivity index (χ0) is 13.5. The second-order valence-electron chi connectivity index (χ2n) is 5.78. The van der Waals surface area contributed by atoms with Crippen molar-refractivity contribution < 1.29 is 0 Å². The van der Waals surface area contributed by atoms with Crippen LogP contribution in [0.15, 0.2) is 18.2 Å². The molecule has 1 aromatic heterocycles. The number of anilines is 1. The smallest absolute Gasteiger partial charge is 0.170 e. The number of nitrogens with two attached hydrogens (primary N) is 1. The Labute approximate surface area is 108 Å². The van der Waals surface area contributed by atoms with Crippen LogP contribution in [0.4, 0.5) is 5.82 Å². The second kappa shape index (κ2) is 4.12. The molecule has 96 valence electrons. The van der Waals surface area contributed by atoms with E-state index in [1.54, 1.807) is 0 Å². The van der Waals surface area contributed by atoms with Crippen molar-refractivity contribution in [1.29, 1.82) is 0 Å². The molecule has 0 saturated heterocycles. The van der Waals surface area contributed by atoms with Crippen molar-refractivity contribution in [1.82, 2.24) is 15.0 Å². The number of aromatic nitrogens is 3. The van der Waals surface area contributed by atoms with Gasteiger partial charge < -0.3 is 5.73 Å². The summed E-state index contributed by atoms with van der Waals surface area (Å²) in [6, 6.07) is 6.30. The molecule has 0 spiro atoms. The first-order valence-electron chi connectivity index (χ1n) is 6.10. The standard InChI is InChI=1S/C14H20N4/c1-9-6-7-10(2)11(8-9)18-12(14(3,4)5)13(15)16-17-18/h6-8H,15H2,1-5H3. The fourth-order valence-electron chi connectivity index (χ4n) is 2.11. The number of rotatable bonds is 1. The minimum absolute atomic E-state index is 0.0935. The van der Waals surface area contributed by atoms with Gasteiger partial charge in [-0.3, -0.25) is 0 Å². The number of nitrogen functional groups attached to an aromatic ring is 1. The normalized spacial score (nSPS) is 11.8. The van der Waals surface area contributed by atoms with Crippen molar-refractivity contribution in [3.63, 3.8) is 0 Å². The second-order valence-corrected chi connectivity index (χ2v) is 5.78. The third-order valence-electron chi connectivity index (χ3n) is 3.00. The molecule has 0 saturated carbocycles. The van der Waals surface area contributed by atoms with Gasteiger partial charge in [0, 0.05) is 5.41 Å². The van der Waals surface area contributed by atoms with E-state index in [1.165, 1.54) is 5.56 Å². The first kappa shape index (κ1) is 12.6. The number of aryl methyl sites for hydroxylation is 2. The Bertz CT molecular complexity index is 576. The number of nitrogens with zero attached hydrogens (tertiary/aromatic N) is 3. The number of benzene rings is 1. The summed E-state index contributed by atoms with van der Waals surface area (Å²) in [7, 11) is 0. The quantitative estimate of drug-likeness (QED) is 0.839. The van der Waals surface area contributed by atoms with Crippen LogP contribution in [0.5, 0.6) is 0 Å². The van der Waals surface area contributed by atoms with Crippen LogP contribution in [-0.4, -0.2) is 15.0 Å². The molecule has 4 heteroatoms. The average molecular weight is 244 g/mol. The van der Waals surface area contributed by atoms with Gasteiger partial charge in [-0.05, 0) is 31.0 Å². The predicted octanol–water partition coefficient (Wildman–Crippen LogP) is 2.76. The summed E-state index contributed by atoms with van der Waals surface area (Å²) in [6.45, 7) is 10.5. The van der Waals surface area contributed by atoms with E-state index >= 15 is 0 Å². The van der Waals surface area contributed by atoms with E-state index in [0.717, 1.165) is 16.9 Å². The van der Waals surface area contributed by atoms with Gasteiger partial charge in [0.15, 0.2) is 5.82 Å². The monoisotopic (exact) mass is 244 g/mol. The zero-order valence-corrected chi connectivity index (χ0v) is 11.7. The Morgan fingerprint density at radius 1 is 1.17 bits per heavy atom. The molecule has 18 heavy (non-hydrogen) atoms. The van der Waals surface area contributed by atoms with Gasteiger partial charge in [0.2, 0.25) is 0 Å². The Kier molecular flexibility index (Phi) is 2.89. The van der Waals surface area contributed by atoms with E-state index in [9.17, 15) is 0 Å². The van der Waals surface area contributed by atoms with Gasteiger partial charge in [-0.25, -0.2) is 4.68 Å². The van der Waals surface area contributed by atoms with Gasteiger partial charge in [0.05, 0.1) is 11.4 Å². The van der Waals surface area contributed by atoms with E-state index in [4.69, 9.17) is 5.73 Å². The number of hydrogen-bond donors (Lipinski definition) is 1. The van der Waals surface area contributed by atoms with Crippen LogP contribution in [0.25, 0.3) is 5.69 Å². The SMILES string of the molecule is Cc1ccc(C)c(-n2nnc(N)c2C(C)(C)C)c1. The molecular weight excluding hydrogens is 224 g/mol. The van der Waals surface area contributed by atoms with Gasteiger partial charge >= 0.3 is 0 Å². The van der Waals surface area contributed by atoms with Gasteiger partial charge in [-0.2, -0.15) is 0 Å². The first-order chi connectivity index (χ1) is 8.30. The van der Waals surface area contributed by atoms with Gasteiger partial charge in [0.25, 0.3) is 0 Å². The lowest BCUT2D eigenvalue weighted by molar-refractivity contribution is 0.543. The fraction of sp³-hybridized carbons (Fsp3) is 0.429. The lowest BCUT2D eigenvalue weighted by Crippen LogP contribution is -2.19. The van der Waals surface area contributed by atoms with Crippen molar-refractivity contribution in [2.24, 2.45) is 0 Å². The summed E-state index contributed by atoms with van der Waals surface area (Å²) < 4.78 is 1.86. The van der Waals surface area contributed by atoms with Crippen molar-refractivity contribution in [2.45, 2.75) is 40.0 Å². The highest BCUT2D eigenvalue weighted by Gasteiger charge is 2.25. The summed E-state index contributed by atoms with van der Waals surface area (Å²) in [6.07, 6.45) is 0. The van der Waals surface area contributed by atoms with Crippen molar-refractivity contribution in [2.75, 3.05) is 5.73 Å². The summed E-state index contributed by atoms with van der Waals surface area (Å²) in [4.78, 5) is 0. The summed E-state index contributed by atoms with van der Waals surface area (Å²) in [5, 5.41) is 8.22. The third-order valence-corrected chi connectivity index (χ3v) is 3.00. The van der Waals surface area contributed by atoms with E-state index < -0.39 is 0 Å². The minimum Gasteiger partial charge on any atom is -0.381 e. The molecule has 0 unspecified atom stereocenters. The fourth-order valence-corrected chi connectivity index (χ4v) is 2.11. The minimum atomic E-state index is -0.0935. The van der Waals surface area contributed by atoms with Gasteiger partial charge in [-0.15, -0.1) is 5.10 Å². The Morgan fingerprint density at radius 3 is 2.44 bits per heavy atom. The molecule has 4 nitrogen and oxygen atoms in total. The van der Waals surface area contributed by atoms with Crippen molar-refractivity contribution in [3.8, 4) is 5.69 Å². The summed E-state index contributed by atoms with van der Waals surface area (Å²) in [5.74, 6) is 0.503. The van der Waals surface area contributed by atoms with E-state index in [-0.39, 0.29) is 5.41 Å². The van der Waals surface area contributed by atoms with Gasteiger partial charge in [0.1, 0.15) is 0 Å². The molecule has 0 radical (unpaired) electrons. The molecule has 2 rings (SSSR count). The van der Waals surface area contributed by atoms with Crippen LogP contribution < -0.4 is 5.73 Å². The molecule has 1 aromatic carbocycles. The van der Waals surface area contributed by atoms with Crippen LogP contribution in [-0.2, 0) is 5.41 Å². The molecule has 2 aromatic rings. The largest absolute Gasteiger partial charge is 0.381 e. The molecule has 0 amide bonds. The van der Waals surface area contributed by atoms with Gasteiger partial charge in [-0.1, -0.05) is 38.1 Å². The van der Waals surface area contributed by atoms with Crippen LogP contribution in [0, 0.1) is 13.8 Å². The first-order valence-corrected chi connectivity index (χ1v) is 6.10. The maximum Gasteiger partial charge on any atom is 0.170 e. The third kappa shape index (κ3) is 2.10. The van der Waals surface area contributed by atoms with Crippen molar-refractivity contribution in [3.05, 3.63) is 35.0 Å². The molecule has 0 aliphatic heterocycles. The Balaban J connectivity index is 2.69. The maximum absolute atomic E-state index is 5.96. The van der Waals surface area contributed by atoms with E-state index in [0.29, 0.717) is 5.82 Å². The van der Waals surface area contributed by atoms with Crippen LogP contribution in [0.2, 0.25) is 0 Å². The summed E-state index contributed by atoms with van der Waals surface area (Å²) in [5.41, 5.74) is 10.2. The van der Waals surface area contributed by atoms with Crippen LogP contribution >= 0.6 is 0 Å². The predicted molar refractivity (Wildman–Crippen MR) is 73.9 cm³/mol. The highest BCUT2D eigenvalue weighted by atomic mass is 15.4. The Hall–Kier alpha value is -1.84. The topological polar surface area (TPSA) is 56.7 Å². The molecule has 1 heterocycles. The van der Waals surface area contributed by atoms with Crippen LogP contribution in [0.3, 0.4) is 0 Å². The highest BCUT2D eigenvalue weighted by molar-refractivity contribution is 5.48. The molecule has 0 aliphatic carbocycles. The Morgan fingerprint density at radius 2 is 1.83 bits per heavy atom. The molecule has 0 atom stereocenters. The number of hydrogen-bond acceptors (Lipinski definition) is 3. The molecule has 0 bridgehead atoms. The molecule has 0 aliphatic rings. The highest BCUT2D eigenvalue weighted by Crippen LogP contribution is 2.29. The lowest BCUT2D eigenvalue weighted by atomic mass is 9.91. The molecule has 0 fully saturated rings. The van der Waals surface area contributed by atoms with E-state index in [2.05, 4.69) is 63.1 Å². The van der Waals surface area contributed by atoms with E-state index in [1.807, 2.05) is 4.68 Å². The molecular formula is C14H20N4. The molecule has 2 N–H and O–H groups in total. The van der Waals surface area contributed by atoms with Crippen LogP contribution in [0.1, 0.15) is 37.6 Å². The lowest BCUT2D eigenvalue weighted by Gasteiger charge is -2.21. The zero-order valence-electron chi connectivity index (χ0n) is 11.7. The van der Waals surface area contributed by atoms with Crippen molar-refractivity contribution >= 4 is 5.82 Å².